The largest absolute Gasteiger partial charge is 0.0617 e. The predicted octanol–water partition coefficient (Wildman–Crippen LogP) is 8.48. The van der Waals surface area contributed by atoms with Crippen LogP contribution in [-0.4, -0.2) is 0 Å². The van der Waals surface area contributed by atoms with E-state index in [1.807, 2.05) is 58.9 Å². The van der Waals surface area contributed by atoms with E-state index in [1.54, 1.807) is 32.9 Å². The molecule has 0 saturated carbocycles. The summed E-state index contributed by atoms with van der Waals surface area (Å²) in [6, 6.07) is 11.1. The van der Waals surface area contributed by atoms with Crippen molar-refractivity contribution in [3.8, 4) is 0 Å². The van der Waals surface area contributed by atoms with E-state index in [2.05, 4.69) is 0 Å². The fourth-order valence-electron chi connectivity index (χ4n) is 3.30. The fraction of sp³-hybridized carbons (Fsp3) is 0.538. The molecule has 0 aliphatic heterocycles. The zero-order valence-corrected chi connectivity index (χ0v) is 18.0. The highest BCUT2D eigenvalue weighted by Gasteiger charge is 2.09. The lowest BCUT2D eigenvalue weighted by molar-refractivity contribution is 0.817. The molecule has 1 atom stereocenters. The van der Waals surface area contributed by atoms with Crippen LogP contribution in [0.15, 0.2) is 36.4 Å². The maximum absolute atomic E-state index is 8.14. The van der Waals surface area contributed by atoms with Crippen LogP contribution in [0.4, 0.5) is 0 Å². The molecule has 0 amide bonds. The van der Waals surface area contributed by atoms with Crippen LogP contribution in [0.3, 0.4) is 0 Å². The molecule has 0 aromatic heterocycles. The van der Waals surface area contributed by atoms with Gasteiger partial charge >= 0.3 is 0 Å². The van der Waals surface area contributed by atoms with Gasteiger partial charge < -0.3 is 0 Å². The topological polar surface area (TPSA) is 0 Å². The molecular formula is C26H40. The maximum Gasteiger partial charge on any atom is 0.0347 e. The summed E-state index contributed by atoms with van der Waals surface area (Å²) < 4.78 is 54.8. The number of benzene rings is 2. The van der Waals surface area contributed by atoms with Crippen LogP contribution in [0.25, 0.3) is 0 Å². The van der Waals surface area contributed by atoms with Crippen LogP contribution in [0, 0.1) is 13.8 Å². The number of hydrogen-bond acceptors (Lipinski definition) is 0. The summed E-state index contributed by atoms with van der Waals surface area (Å²) in [5.41, 5.74) is 5.08. The minimum Gasteiger partial charge on any atom is -0.0617 e. The lowest BCUT2D eigenvalue weighted by atomic mass is 9.90. The molecule has 0 aliphatic carbocycles. The van der Waals surface area contributed by atoms with Gasteiger partial charge in [-0.15, -0.1) is 0 Å². The summed E-state index contributed by atoms with van der Waals surface area (Å²) in [4.78, 5) is 0. The van der Waals surface area contributed by atoms with Crippen molar-refractivity contribution in [3.63, 3.8) is 0 Å². The standard InChI is InChI=1S/2C13H20/c2*1-9(2)12-7-6-8-13(10(3)4)11(12)5/h2*6-10H,1-5H3/i1D3,9D,10D;9D,10D. The summed E-state index contributed by atoms with van der Waals surface area (Å²) in [6.07, 6.45) is 0. The quantitative estimate of drug-likeness (QED) is 0.513. The second-order valence-corrected chi connectivity index (χ2v) is 7.58. The second-order valence-electron chi connectivity index (χ2n) is 7.58. The molecule has 0 heteroatoms. The van der Waals surface area contributed by atoms with Gasteiger partial charge in [-0.2, -0.15) is 0 Å². The Kier molecular flexibility index (Phi) is 5.20. The van der Waals surface area contributed by atoms with Gasteiger partial charge in [0.1, 0.15) is 0 Å². The van der Waals surface area contributed by atoms with E-state index in [0.29, 0.717) is 5.56 Å². The van der Waals surface area contributed by atoms with Gasteiger partial charge in [-0.3, -0.25) is 0 Å². The lowest BCUT2D eigenvalue weighted by Gasteiger charge is -2.16. The Labute approximate surface area is 172 Å². The Morgan fingerprint density at radius 2 is 0.846 bits per heavy atom. The van der Waals surface area contributed by atoms with E-state index in [0.717, 1.165) is 27.8 Å². The van der Waals surface area contributed by atoms with Crippen molar-refractivity contribution in [1.29, 1.82) is 0 Å². The summed E-state index contributed by atoms with van der Waals surface area (Å²) in [5.74, 6) is -3.64. The Balaban J connectivity index is 0.000000335. The van der Waals surface area contributed by atoms with Crippen molar-refractivity contribution in [1.82, 2.24) is 0 Å². The number of hydrogen-bond donors (Lipinski definition) is 0. The van der Waals surface area contributed by atoms with Crippen LogP contribution in [0.2, 0.25) is 0 Å². The third-order valence-corrected chi connectivity index (χ3v) is 4.69. The fourth-order valence-corrected chi connectivity index (χ4v) is 3.30. The second kappa shape index (κ2) is 9.95. The predicted molar refractivity (Wildman–Crippen MR) is 119 cm³/mol. The normalized spacial score (nSPS) is 19.2. The van der Waals surface area contributed by atoms with Crippen molar-refractivity contribution in [3.05, 3.63) is 69.8 Å². The first-order chi connectivity index (χ1) is 14.5. The summed E-state index contributed by atoms with van der Waals surface area (Å²) in [6.45, 7) is 13.9. The van der Waals surface area contributed by atoms with E-state index < -0.39 is 30.4 Å². The Morgan fingerprint density at radius 1 is 0.577 bits per heavy atom. The SMILES string of the molecule is [2H]C(C)(C)c1cccc(C([2H])(C)C([2H])([2H])[2H])c1C.[2H]C(C)(C)c1cccc(C([2H])(C)C)c1C. The summed E-state index contributed by atoms with van der Waals surface area (Å²) in [5, 5.41) is 0. The minimum atomic E-state index is -2.39. The molecule has 0 saturated heterocycles. The van der Waals surface area contributed by atoms with Crippen molar-refractivity contribution in [2.75, 3.05) is 0 Å². The molecule has 0 nitrogen and oxygen atoms in total. The van der Waals surface area contributed by atoms with E-state index in [-0.39, 0.29) is 0 Å². The van der Waals surface area contributed by atoms with Gasteiger partial charge in [0.2, 0.25) is 0 Å². The first-order valence-electron chi connectivity index (χ1n) is 12.7. The Morgan fingerprint density at radius 3 is 1.08 bits per heavy atom. The highest BCUT2D eigenvalue weighted by Crippen LogP contribution is 2.27. The monoisotopic (exact) mass is 359 g/mol. The van der Waals surface area contributed by atoms with E-state index in [9.17, 15) is 0 Å². The van der Waals surface area contributed by atoms with Gasteiger partial charge in [0.05, 0.1) is 0 Å². The molecule has 0 bridgehead atoms. The minimum absolute atomic E-state index is 0.473. The van der Waals surface area contributed by atoms with Gasteiger partial charge in [-0.25, -0.2) is 0 Å². The average Bonchev–Trinajstić information content (AvgIpc) is 2.58. The van der Waals surface area contributed by atoms with E-state index in [4.69, 9.17) is 9.60 Å². The Hall–Kier alpha value is -1.56. The van der Waals surface area contributed by atoms with Gasteiger partial charge in [0.25, 0.3) is 0 Å². The van der Waals surface area contributed by atoms with Crippen LogP contribution in [0.5, 0.6) is 0 Å². The molecular weight excluding hydrogens is 312 g/mol. The molecule has 0 fully saturated rings. The highest BCUT2D eigenvalue weighted by molar-refractivity contribution is 5.38. The summed E-state index contributed by atoms with van der Waals surface area (Å²) in [7, 11) is 0. The molecule has 26 heavy (non-hydrogen) atoms. The van der Waals surface area contributed by atoms with Gasteiger partial charge in [0.15, 0.2) is 0 Å². The van der Waals surface area contributed by atoms with E-state index >= 15 is 0 Å². The summed E-state index contributed by atoms with van der Waals surface area (Å²) >= 11 is 0. The van der Waals surface area contributed by atoms with Crippen LogP contribution in [-0.2, 0) is 0 Å². The zero-order valence-electron chi connectivity index (χ0n) is 25.0. The third-order valence-electron chi connectivity index (χ3n) is 4.69. The van der Waals surface area contributed by atoms with Crippen molar-refractivity contribution in [2.24, 2.45) is 0 Å². The van der Waals surface area contributed by atoms with Gasteiger partial charge in [-0.1, -0.05) is 91.7 Å². The molecule has 2 aromatic carbocycles. The highest BCUT2D eigenvalue weighted by atomic mass is 14.1. The van der Waals surface area contributed by atoms with Crippen LogP contribution < -0.4 is 0 Å². The smallest absolute Gasteiger partial charge is 0.0347 e. The maximum atomic E-state index is 8.14. The number of rotatable bonds is 4. The molecule has 1 unspecified atom stereocenters. The molecule has 2 aromatic rings. The molecule has 0 spiro atoms. The average molecular weight is 360 g/mol. The molecule has 2 rings (SSSR count). The zero-order chi connectivity index (χ0) is 26.2. The van der Waals surface area contributed by atoms with Crippen molar-refractivity contribution >= 4 is 0 Å². The third kappa shape index (κ3) is 5.73. The van der Waals surface area contributed by atoms with Crippen LogP contribution in [0.1, 0.15) is 122 Å². The lowest BCUT2D eigenvalue weighted by Crippen LogP contribution is -1.98. The van der Waals surface area contributed by atoms with Crippen molar-refractivity contribution < 1.29 is 9.60 Å². The van der Waals surface area contributed by atoms with Gasteiger partial charge in [0, 0.05) is 9.60 Å². The van der Waals surface area contributed by atoms with E-state index in [1.165, 1.54) is 6.92 Å². The molecule has 0 heterocycles. The van der Waals surface area contributed by atoms with Crippen molar-refractivity contribution in [2.45, 2.75) is 92.7 Å². The molecule has 0 aliphatic rings. The Bertz CT molecular complexity index is 918. The molecule has 0 radical (unpaired) electrons. The first kappa shape index (κ1) is 13.6. The van der Waals surface area contributed by atoms with Gasteiger partial charge in [-0.05, 0) is 70.8 Å². The molecule has 144 valence electrons. The molecule has 0 N–H and O–H groups in total. The van der Waals surface area contributed by atoms with Crippen LogP contribution >= 0.6 is 0 Å². The first-order valence-corrected chi connectivity index (χ1v) is 9.24.